The SMILES string of the molecule is CC(Cn1ccc(-c2ccc(C#N)c(Cl)c2)n1)NC(=O)c1cn2c(n1)CN(C(=O)O)CC2. The fourth-order valence-electron chi connectivity index (χ4n) is 3.53. The van der Waals surface area contributed by atoms with Crippen LogP contribution in [0.25, 0.3) is 11.3 Å². The van der Waals surface area contributed by atoms with Gasteiger partial charge in [0, 0.05) is 37.1 Å². The first-order valence-corrected chi connectivity index (χ1v) is 10.3. The van der Waals surface area contributed by atoms with E-state index in [0.29, 0.717) is 41.7 Å². The maximum Gasteiger partial charge on any atom is 0.407 e. The number of rotatable bonds is 5. The van der Waals surface area contributed by atoms with Crippen LogP contribution in [-0.2, 0) is 19.6 Å². The number of benzene rings is 1. The maximum atomic E-state index is 12.6. The summed E-state index contributed by atoms with van der Waals surface area (Å²) in [5.41, 5.74) is 2.17. The number of fused-ring (bicyclic) bond motifs is 1. The molecule has 0 saturated heterocycles. The number of nitrogens with one attached hydrogen (secondary N) is 1. The third-order valence-corrected chi connectivity index (χ3v) is 5.48. The molecular formula is C21H20ClN7O3. The van der Waals surface area contributed by atoms with Crippen molar-refractivity contribution in [1.82, 2.24) is 29.5 Å². The Morgan fingerprint density at radius 1 is 1.34 bits per heavy atom. The molecule has 164 valence electrons. The lowest BCUT2D eigenvalue weighted by atomic mass is 10.1. The summed E-state index contributed by atoms with van der Waals surface area (Å²) in [6.07, 6.45) is 2.46. The Morgan fingerprint density at radius 3 is 2.88 bits per heavy atom. The molecule has 0 fully saturated rings. The van der Waals surface area contributed by atoms with Gasteiger partial charge in [0.2, 0.25) is 0 Å². The van der Waals surface area contributed by atoms with Gasteiger partial charge in [-0.05, 0) is 25.1 Å². The second-order valence-corrected chi connectivity index (χ2v) is 7.95. The van der Waals surface area contributed by atoms with Crippen molar-refractivity contribution in [1.29, 1.82) is 5.26 Å². The minimum absolute atomic E-state index is 0.160. The van der Waals surface area contributed by atoms with Crippen molar-refractivity contribution >= 4 is 23.6 Å². The number of imidazole rings is 1. The average Bonchev–Trinajstić information content (AvgIpc) is 3.40. The first kappa shape index (κ1) is 21.4. The quantitative estimate of drug-likeness (QED) is 0.610. The van der Waals surface area contributed by atoms with Crippen molar-refractivity contribution in [2.45, 2.75) is 32.6 Å². The summed E-state index contributed by atoms with van der Waals surface area (Å²) in [4.78, 5) is 29.3. The molecular weight excluding hydrogens is 434 g/mol. The normalized spacial score (nSPS) is 13.8. The molecule has 0 bridgehead atoms. The second-order valence-electron chi connectivity index (χ2n) is 7.54. The molecule has 0 aliphatic carbocycles. The molecule has 2 amide bonds. The van der Waals surface area contributed by atoms with E-state index in [2.05, 4.69) is 15.4 Å². The summed E-state index contributed by atoms with van der Waals surface area (Å²) >= 11 is 6.10. The van der Waals surface area contributed by atoms with Crippen LogP contribution in [0.2, 0.25) is 5.02 Å². The summed E-state index contributed by atoms with van der Waals surface area (Å²) < 4.78 is 3.52. The van der Waals surface area contributed by atoms with Crippen molar-refractivity contribution in [3.63, 3.8) is 0 Å². The minimum atomic E-state index is -0.999. The zero-order chi connectivity index (χ0) is 22.8. The van der Waals surface area contributed by atoms with E-state index in [1.54, 1.807) is 35.3 Å². The van der Waals surface area contributed by atoms with E-state index in [4.69, 9.17) is 22.0 Å². The van der Waals surface area contributed by atoms with Crippen LogP contribution >= 0.6 is 11.6 Å². The van der Waals surface area contributed by atoms with Gasteiger partial charge in [-0.15, -0.1) is 0 Å². The highest BCUT2D eigenvalue weighted by Crippen LogP contribution is 2.24. The smallest absolute Gasteiger partial charge is 0.407 e. The third-order valence-electron chi connectivity index (χ3n) is 5.17. The van der Waals surface area contributed by atoms with Gasteiger partial charge >= 0.3 is 6.09 Å². The summed E-state index contributed by atoms with van der Waals surface area (Å²) in [5.74, 6) is 0.224. The molecule has 10 nitrogen and oxygen atoms in total. The van der Waals surface area contributed by atoms with Crippen LogP contribution in [0.4, 0.5) is 4.79 Å². The summed E-state index contributed by atoms with van der Waals surface area (Å²) in [6, 6.07) is 8.77. The van der Waals surface area contributed by atoms with Crippen molar-refractivity contribution in [2.24, 2.45) is 0 Å². The average molecular weight is 454 g/mol. The lowest BCUT2D eigenvalue weighted by molar-refractivity contribution is 0.0931. The zero-order valence-electron chi connectivity index (χ0n) is 17.2. The molecule has 0 spiro atoms. The van der Waals surface area contributed by atoms with Crippen molar-refractivity contribution in [2.75, 3.05) is 6.54 Å². The van der Waals surface area contributed by atoms with Crippen LogP contribution in [0.5, 0.6) is 0 Å². The number of hydrogen-bond acceptors (Lipinski definition) is 5. The van der Waals surface area contributed by atoms with Gasteiger partial charge in [-0.1, -0.05) is 17.7 Å². The number of carbonyl (C=O) groups excluding carboxylic acids is 1. The number of halogens is 1. The van der Waals surface area contributed by atoms with Crippen LogP contribution in [0.15, 0.2) is 36.7 Å². The molecule has 2 aromatic heterocycles. The molecule has 4 rings (SSSR count). The molecule has 11 heteroatoms. The van der Waals surface area contributed by atoms with Crippen LogP contribution in [0.1, 0.15) is 28.8 Å². The van der Waals surface area contributed by atoms with E-state index in [-0.39, 0.29) is 24.2 Å². The molecule has 0 radical (unpaired) electrons. The van der Waals surface area contributed by atoms with E-state index < -0.39 is 6.09 Å². The van der Waals surface area contributed by atoms with Crippen molar-refractivity contribution in [3.8, 4) is 17.3 Å². The summed E-state index contributed by atoms with van der Waals surface area (Å²) in [5, 5.41) is 25.9. The van der Waals surface area contributed by atoms with E-state index in [1.807, 2.05) is 23.6 Å². The predicted octanol–water partition coefficient (Wildman–Crippen LogP) is 2.58. The van der Waals surface area contributed by atoms with Crippen LogP contribution in [0.3, 0.4) is 0 Å². The molecule has 1 atom stereocenters. The number of nitriles is 1. The number of nitrogens with zero attached hydrogens (tertiary/aromatic N) is 6. The number of hydrogen-bond donors (Lipinski definition) is 2. The van der Waals surface area contributed by atoms with Gasteiger partial charge in [0.05, 0.1) is 29.4 Å². The minimum Gasteiger partial charge on any atom is -0.465 e. The second kappa shape index (κ2) is 8.72. The van der Waals surface area contributed by atoms with Gasteiger partial charge in [0.1, 0.15) is 17.6 Å². The molecule has 1 unspecified atom stereocenters. The first-order chi connectivity index (χ1) is 15.3. The van der Waals surface area contributed by atoms with E-state index >= 15 is 0 Å². The standard InChI is InChI=1S/C21H20ClN7O3/c1-13(10-29-5-4-17(26-29)14-2-3-15(9-23)16(22)8-14)24-20(30)18-11-27-6-7-28(21(31)32)12-19(27)25-18/h2-5,8,11,13H,6-7,10,12H2,1H3,(H,24,30)(H,31,32). The lowest BCUT2D eigenvalue weighted by Gasteiger charge is -2.24. The maximum absolute atomic E-state index is 12.6. The molecule has 3 aromatic rings. The Morgan fingerprint density at radius 2 is 2.16 bits per heavy atom. The van der Waals surface area contributed by atoms with E-state index in [9.17, 15) is 9.59 Å². The molecule has 3 heterocycles. The van der Waals surface area contributed by atoms with E-state index in [1.165, 1.54) is 4.90 Å². The zero-order valence-corrected chi connectivity index (χ0v) is 18.0. The molecule has 1 aliphatic rings. The Hall–Kier alpha value is -3.84. The van der Waals surface area contributed by atoms with E-state index in [0.717, 1.165) is 5.56 Å². The largest absolute Gasteiger partial charge is 0.465 e. The molecule has 1 aliphatic heterocycles. The Balaban J connectivity index is 1.38. The molecule has 1 aromatic carbocycles. The molecule has 2 N–H and O–H groups in total. The van der Waals surface area contributed by atoms with Gasteiger partial charge in [-0.25, -0.2) is 9.78 Å². The highest BCUT2D eigenvalue weighted by molar-refractivity contribution is 6.32. The van der Waals surface area contributed by atoms with Crippen molar-refractivity contribution in [3.05, 3.63) is 58.8 Å². The third kappa shape index (κ3) is 4.43. The number of amides is 2. The highest BCUT2D eigenvalue weighted by Gasteiger charge is 2.24. The van der Waals surface area contributed by atoms with Crippen LogP contribution in [-0.4, -0.2) is 53.9 Å². The summed E-state index contributed by atoms with van der Waals surface area (Å²) in [6.45, 7) is 3.29. The van der Waals surface area contributed by atoms with Gasteiger partial charge in [0.15, 0.2) is 0 Å². The Labute approximate surface area is 188 Å². The van der Waals surface area contributed by atoms with Gasteiger partial charge in [-0.2, -0.15) is 10.4 Å². The topological polar surface area (TPSA) is 129 Å². The Bertz CT molecular complexity index is 1230. The first-order valence-electron chi connectivity index (χ1n) is 9.92. The predicted molar refractivity (Wildman–Crippen MR) is 115 cm³/mol. The highest BCUT2D eigenvalue weighted by atomic mass is 35.5. The van der Waals surface area contributed by atoms with Crippen molar-refractivity contribution < 1.29 is 14.7 Å². The van der Waals surface area contributed by atoms with Gasteiger partial charge < -0.3 is 15.0 Å². The number of carboxylic acid groups (broad SMARTS) is 1. The van der Waals surface area contributed by atoms with Crippen LogP contribution in [0, 0.1) is 11.3 Å². The van der Waals surface area contributed by atoms with Crippen LogP contribution < -0.4 is 5.32 Å². The monoisotopic (exact) mass is 453 g/mol. The molecule has 0 saturated carbocycles. The fraction of sp³-hybridized carbons (Fsp3) is 0.286. The fourth-order valence-corrected chi connectivity index (χ4v) is 3.75. The summed E-state index contributed by atoms with van der Waals surface area (Å²) in [7, 11) is 0. The number of carbonyl (C=O) groups is 2. The molecule has 32 heavy (non-hydrogen) atoms. The Kier molecular flexibility index (Phi) is 5.83. The van der Waals surface area contributed by atoms with Gasteiger partial charge in [0.25, 0.3) is 5.91 Å². The number of aromatic nitrogens is 4. The lowest BCUT2D eigenvalue weighted by Crippen LogP contribution is -2.37. The van der Waals surface area contributed by atoms with Gasteiger partial charge in [-0.3, -0.25) is 14.4 Å².